The third kappa shape index (κ3) is 4.27. The number of nitrogens with zero attached hydrogens (tertiary/aromatic N) is 1. The molecule has 0 unspecified atom stereocenters. The van der Waals surface area contributed by atoms with Crippen LogP contribution in [-0.4, -0.2) is 23.9 Å². The molecule has 25 heavy (non-hydrogen) atoms. The molecule has 2 nitrogen and oxygen atoms in total. The Hall–Kier alpha value is -1.74. The Morgan fingerprint density at radius 2 is 1.64 bits per heavy atom. The molecule has 0 saturated carbocycles. The van der Waals surface area contributed by atoms with E-state index in [0.717, 1.165) is 50.8 Å². The number of rotatable bonds is 7. The van der Waals surface area contributed by atoms with Gasteiger partial charge >= 0.3 is 0 Å². The Morgan fingerprint density at radius 3 is 2.36 bits per heavy atom. The van der Waals surface area contributed by atoms with E-state index in [9.17, 15) is 4.79 Å². The summed E-state index contributed by atoms with van der Waals surface area (Å²) in [7, 11) is 0. The lowest BCUT2D eigenvalue weighted by Gasteiger charge is -2.24. The van der Waals surface area contributed by atoms with Crippen LogP contribution in [0.5, 0.6) is 0 Å². The van der Waals surface area contributed by atoms with Gasteiger partial charge in [0.05, 0.1) is 0 Å². The van der Waals surface area contributed by atoms with Gasteiger partial charge in [-0.15, -0.1) is 0 Å². The van der Waals surface area contributed by atoms with Crippen LogP contribution in [0.4, 0.5) is 0 Å². The average molecular weight is 354 g/mol. The average Bonchev–Trinajstić information content (AvgIpc) is 2.65. The summed E-state index contributed by atoms with van der Waals surface area (Å²) in [4.78, 5) is 17.7. The topological polar surface area (TPSA) is 20.3 Å². The zero-order chi connectivity index (χ0) is 17.6. The van der Waals surface area contributed by atoms with Crippen LogP contribution >= 0.6 is 11.8 Å². The number of amides is 1. The van der Waals surface area contributed by atoms with Crippen molar-refractivity contribution in [2.75, 3.05) is 13.1 Å². The van der Waals surface area contributed by atoms with Gasteiger partial charge in [-0.1, -0.05) is 56.7 Å². The normalized spacial score (nSPS) is 12.4. The van der Waals surface area contributed by atoms with E-state index >= 15 is 0 Å². The molecule has 2 aromatic carbocycles. The largest absolute Gasteiger partial charge is 0.339 e. The second-order valence-electron chi connectivity index (χ2n) is 6.71. The Labute approximate surface area is 155 Å². The minimum atomic E-state index is 0.188. The van der Waals surface area contributed by atoms with Gasteiger partial charge in [0.15, 0.2) is 0 Å². The lowest BCUT2D eigenvalue weighted by Crippen LogP contribution is -2.33. The summed E-state index contributed by atoms with van der Waals surface area (Å²) in [6.07, 6.45) is 5.30. The van der Waals surface area contributed by atoms with E-state index in [1.807, 2.05) is 22.7 Å². The molecular formula is C22H27NOS. The van der Waals surface area contributed by atoms with E-state index in [0.29, 0.717) is 0 Å². The first kappa shape index (κ1) is 18.1. The van der Waals surface area contributed by atoms with Gasteiger partial charge in [-0.05, 0) is 54.7 Å². The minimum Gasteiger partial charge on any atom is -0.339 e. The second kappa shape index (κ2) is 8.57. The first-order valence-electron chi connectivity index (χ1n) is 9.41. The van der Waals surface area contributed by atoms with Crippen molar-refractivity contribution < 1.29 is 4.79 Å². The van der Waals surface area contributed by atoms with E-state index in [1.54, 1.807) is 0 Å². The number of carbonyl (C=O) groups excluding carboxylic acids is 1. The van der Waals surface area contributed by atoms with Crippen molar-refractivity contribution in [1.29, 1.82) is 0 Å². The summed E-state index contributed by atoms with van der Waals surface area (Å²) in [5, 5.41) is 0. The van der Waals surface area contributed by atoms with Crippen molar-refractivity contribution in [3.63, 3.8) is 0 Å². The third-order valence-electron chi connectivity index (χ3n) is 4.73. The first-order valence-corrected chi connectivity index (χ1v) is 10.2. The van der Waals surface area contributed by atoms with E-state index in [1.165, 1.54) is 20.9 Å². The summed E-state index contributed by atoms with van der Waals surface area (Å²) in [5.41, 5.74) is 3.48. The standard InChI is InChI=1S/C22H27NOS/c1-3-5-13-23(14-6-4-2)22(24)18-11-12-21-19(16-18)15-17-9-7-8-10-20(17)25-21/h7-12,16H,3-6,13-15H2,1-2H3. The molecule has 1 aliphatic heterocycles. The van der Waals surface area contributed by atoms with E-state index in [-0.39, 0.29) is 5.91 Å². The predicted molar refractivity (Wildman–Crippen MR) is 106 cm³/mol. The van der Waals surface area contributed by atoms with Crippen LogP contribution in [0.15, 0.2) is 52.3 Å². The predicted octanol–water partition coefficient (Wildman–Crippen LogP) is 5.78. The van der Waals surface area contributed by atoms with Crippen molar-refractivity contribution in [3.8, 4) is 0 Å². The molecule has 0 aromatic heterocycles. The first-order chi connectivity index (χ1) is 12.2. The molecule has 0 fully saturated rings. The van der Waals surface area contributed by atoms with E-state index in [4.69, 9.17) is 0 Å². The molecule has 1 aliphatic rings. The van der Waals surface area contributed by atoms with Crippen molar-refractivity contribution in [3.05, 3.63) is 59.2 Å². The highest BCUT2D eigenvalue weighted by Gasteiger charge is 2.20. The SMILES string of the molecule is CCCCN(CCCC)C(=O)c1ccc2c(c1)Cc1ccccc1S2. The molecular weight excluding hydrogens is 326 g/mol. The van der Waals surface area contributed by atoms with Crippen LogP contribution in [0.3, 0.4) is 0 Å². The Morgan fingerprint density at radius 1 is 0.960 bits per heavy atom. The molecule has 3 rings (SSSR count). The Kier molecular flexibility index (Phi) is 6.19. The van der Waals surface area contributed by atoms with Gasteiger partial charge in [0.1, 0.15) is 0 Å². The molecule has 132 valence electrons. The molecule has 0 aliphatic carbocycles. The minimum absolute atomic E-state index is 0.188. The number of carbonyl (C=O) groups is 1. The molecule has 1 amide bonds. The fourth-order valence-corrected chi connectivity index (χ4v) is 4.27. The summed E-state index contributed by atoms with van der Waals surface area (Å²) < 4.78 is 0. The molecule has 0 N–H and O–H groups in total. The lowest BCUT2D eigenvalue weighted by molar-refractivity contribution is 0.0751. The molecule has 0 bridgehead atoms. The van der Waals surface area contributed by atoms with Crippen molar-refractivity contribution in [2.45, 2.75) is 55.7 Å². The maximum Gasteiger partial charge on any atom is 0.253 e. The number of hydrogen-bond donors (Lipinski definition) is 0. The van der Waals surface area contributed by atoms with Crippen molar-refractivity contribution in [2.24, 2.45) is 0 Å². The van der Waals surface area contributed by atoms with Crippen molar-refractivity contribution >= 4 is 17.7 Å². The highest BCUT2D eigenvalue weighted by atomic mass is 32.2. The van der Waals surface area contributed by atoms with Gasteiger partial charge in [0, 0.05) is 28.4 Å². The highest BCUT2D eigenvalue weighted by Crippen LogP contribution is 2.39. The van der Waals surface area contributed by atoms with Crippen LogP contribution in [0.2, 0.25) is 0 Å². The molecule has 0 atom stereocenters. The molecule has 1 heterocycles. The Bertz CT molecular complexity index is 733. The fraction of sp³-hybridized carbons (Fsp3) is 0.409. The quantitative estimate of drug-likeness (QED) is 0.536. The molecule has 3 heteroatoms. The van der Waals surface area contributed by atoms with Crippen molar-refractivity contribution in [1.82, 2.24) is 4.90 Å². The van der Waals surface area contributed by atoms with Gasteiger partial charge in [-0.3, -0.25) is 4.79 Å². The maximum absolute atomic E-state index is 13.0. The smallest absolute Gasteiger partial charge is 0.253 e. The zero-order valence-corrected chi connectivity index (χ0v) is 16.1. The summed E-state index contributed by atoms with van der Waals surface area (Å²) in [6, 6.07) is 14.8. The number of unbranched alkanes of at least 4 members (excludes halogenated alkanes) is 2. The van der Waals surface area contributed by atoms with Crippen LogP contribution in [-0.2, 0) is 6.42 Å². The molecule has 0 saturated heterocycles. The number of benzene rings is 2. The number of fused-ring (bicyclic) bond motifs is 2. The zero-order valence-electron chi connectivity index (χ0n) is 15.3. The summed E-state index contributed by atoms with van der Waals surface area (Å²) >= 11 is 1.81. The highest BCUT2D eigenvalue weighted by molar-refractivity contribution is 7.99. The van der Waals surface area contributed by atoms with Crippen LogP contribution in [0, 0.1) is 0 Å². The fourth-order valence-electron chi connectivity index (χ4n) is 3.22. The maximum atomic E-state index is 13.0. The van der Waals surface area contributed by atoms with Gasteiger partial charge in [-0.2, -0.15) is 0 Å². The molecule has 0 spiro atoms. The van der Waals surface area contributed by atoms with Gasteiger partial charge < -0.3 is 4.90 Å². The van der Waals surface area contributed by atoms with Crippen LogP contribution < -0.4 is 0 Å². The molecule has 0 radical (unpaired) electrons. The monoisotopic (exact) mass is 353 g/mol. The summed E-state index contributed by atoms with van der Waals surface area (Å²) in [6.45, 7) is 6.08. The third-order valence-corrected chi connectivity index (χ3v) is 5.97. The van der Waals surface area contributed by atoms with Crippen LogP contribution in [0.1, 0.15) is 61.0 Å². The van der Waals surface area contributed by atoms with Gasteiger partial charge in [0.2, 0.25) is 0 Å². The Balaban J connectivity index is 1.80. The number of hydrogen-bond acceptors (Lipinski definition) is 2. The summed E-state index contributed by atoms with van der Waals surface area (Å²) in [5.74, 6) is 0.188. The van der Waals surface area contributed by atoms with E-state index in [2.05, 4.69) is 50.2 Å². The van der Waals surface area contributed by atoms with E-state index < -0.39 is 0 Å². The van der Waals surface area contributed by atoms with Gasteiger partial charge in [0.25, 0.3) is 5.91 Å². The van der Waals surface area contributed by atoms with Gasteiger partial charge in [-0.25, -0.2) is 0 Å². The van der Waals surface area contributed by atoms with Crippen LogP contribution in [0.25, 0.3) is 0 Å². The lowest BCUT2D eigenvalue weighted by atomic mass is 10.0. The molecule has 2 aromatic rings. The second-order valence-corrected chi connectivity index (χ2v) is 7.79.